The lowest BCUT2D eigenvalue weighted by Crippen LogP contribution is -1.55. The van der Waals surface area contributed by atoms with Crippen molar-refractivity contribution in [3.05, 3.63) is 13.3 Å². The summed E-state index contributed by atoms with van der Waals surface area (Å²) in [6.07, 6.45) is 6.83. The molecule has 0 bridgehead atoms. The number of rotatable bonds is 0. The predicted octanol–water partition coefficient (Wildman–Crippen LogP) is 0.807. The zero-order valence-corrected chi connectivity index (χ0v) is 4.41. The molecule has 0 saturated carbocycles. The quantitative estimate of drug-likeness (QED) is 0.395. The lowest BCUT2D eigenvalue weighted by Gasteiger charge is -1.63. The van der Waals surface area contributed by atoms with Gasteiger partial charge in [0, 0.05) is 6.92 Å². The highest BCUT2D eigenvalue weighted by Crippen LogP contribution is 1.66. The molecule has 0 fully saturated rings. The molecule has 0 aliphatic carbocycles. The zero-order chi connectivity index (χ0) is 6.24. The van der Waals surface area contributed by atoms with Gasteiger partial charge in [0.1, 0.15) is 0 Å². The highest BCUT2D eigenvalue weighted by molar-refractivity contribution is 5.22. The van der Waals surface area contributed by atoms with Crippen LogP contribution < -0.4 is 0 Å². The zero-order valence-electron chi connectivity index (χ0n) is 4.41. The molecule has 0 spiro atoms. The first-order valence-corrected chi connectivity index (χ1v) is 2.06. The van der Waals surface area contributed by atoms with E-state index in [-0.39, 0.29) is 0 Å². The van der Waals surface area contributed by atoms with Crippen molar-refractivity contribution in [2.45, 2.75) is 6.42 Å². The Bertz CT molecular complexity index is 194. The number of hydrogen-bond acceptors (Lipinski definition) is 0. The van der Waals surface area contributed by atoms with Gasteiger partial charge in [0.15, 0.2) is 0 Å². The van der Waals surface area contributed by atoms with Crippen molar-refractivity contribution >= 4 is 0 Å². The molecule has 0 aromatic carbocycles. The van der Waals surface area contributed by atoms with Crippen LogP contribution in [0.4, 0.5) is 0 Å². The fourth-order valence-electron chi connectivity index (χ4n) is 0.195. The summed E-state index contributed by atoms with van der Waals surface area (Å²) in [5, 5.41) is 0. The minimum absolute atomic E-state index is 0.482. The normalized spacial score (nSPS) is 4.50. The summed E-state index contributed by atoms with van der Waals surface area (Å²) in [5.41, 5.74) is 0. The van der Waals surface area contributed by atoms with E-state index in [0.717, 1.165) is 0 Å². The van der Waals surface area contributed by atoms with Crippen LogP contribution in [-0.2, 0) is 0 Å². The van der Waals surface area contributed by atoms with Crippen molar-refractivity contribution in [1.82, 2.24) is 0 Å². The van der Waals surface area contributed by atoms with Crippen LogP contribution in [0.5, 0.6) is 0 Å². The second kappa shape index (κ2) is 5.68. The summed E-state index contributed by atoms with van der Waals surface area (Å²) in [6, 6.07) is 0. The average molecular weight is 100 g/mol. The van der Waals surface area contributed by atoms with E-state index in [0.29, 0.717) is 6.42 Å². The van der Waals surface area contributed by atoms with Gasteiger partial charge in [-0.3, -0.25) is 0 Å². The second-order valence-electron chi connectivity index (χ2n) is 0.957. The molecule has 0 atom stereocenters. The standard InChI is InChI=1S/C8H4/c1-3-5-7-8-6-4-2/h1,7H2. The molecule has 0 aliphatic heterocycles. The Morgan fingerprint density at radius 2 is 2.12 bits per heavy atom. The first kappa shape index (κ1) is 6.68. The lowest BCUT2D eigenvalue weighted by molar-refractivity contribution is 1.57. The average Bonchev–Trinajstić information content (AvgIpc) is 1.81. The summed E-state index contributed by atoms with van der Waals surface area (Å²) in [7, 11) is 0. The maximum atomic E-state index is 6.35. The first-order chi connectivity index (χ1) is 3.91. The van der Waals surface area contributed by atoms with Gasteiger partial charge in [-0.25, -0.2) is 0 Å². The summed E-state index contributed by atoms with van der Waals surface area (Å²) in [6.45, 7) is 3.29. The topological polar surface area (TPSA) is 0 Å². The van der Waals surface area contributed by atoms with Crippen LogP contribution in [0.3, 0.4) is 0 Å². The molecule has 36 valence electrons. The molecular weight excluding hydrogens is 96.1 g/mol. The highest BCUT2D eigenvalue weighted by atomic mass is 13.6. The fourth-order valence-corrected chi connectivity index (χ4v) is 0.195. The molecule has 0 aliphatic rings. The van der Waals surface area contributed by atoms with Crippen LogP contribution in [0.15, 0.2) is 0 Å². The van der Waals surface area contributed by atoms with Gasteiger partial charge in [-0.05, 0) is 18.3 Å². The minimum Gasteiger partial charge on any atom is -0.101 e. The Hall–Kier alpha value is -1.32. The van der Waals surface area contributed by atoms with Crippen molar-refractivity contribution in [3.63, 3.8) is 0 Å². The first-order valence-electron chi connectivity index (χ1n) is 2.06. The summed E-state index contributed by atoms with van der Waals surface area (Å²) in [5.74, 6) is 11.9. The van der Waals surface area contributed by atoms with Crippen molar-refractivity contribution in [2.24, 2.45) is 0 Å². The van der Waals surface area contributed by atoms with Gasteiger partial charge >= 0.3 is 0 Å². The van der Waals surface area contributed by atoms with E-state index in [4.69, 9.17) is 6.42 Å². The third kappa shape index (κ3) is 4.68. The van der Waals surface area contributed by atoms with Crippen LogP contribution in [0.1, 0.15) is 6.42 Å². The molecule has 0 amide bonds. The van der Waals surface area contributed by atoms with E-state index in [1.54, 1.807) is 0 Å². The Kier molecular flexibility index (Phi) is 4.74. The third-order valence-corrected chi connectivity index (χ3v) is 0.453. The monoisotopic (exact) mass is 100 g/mol. The number of hydrogen-bond donors (Lipinski definition) is 0. The van der Waals surface area contributed by atoms with Crippen LogP contribution in [0, 0.1) is 42.9 Å². The molecule has 2 radical (unpaired) electrons. The van der Waals surface area contributed by atoms with Crippen LogP contribution in [-0.4, -0.2) is 0 Å². The molecule has 0 heteroatoms. The Morgan fingerprint density at radius 1 is 1.38 bits per heavy atom. The van der Waals surface area contributed by atoms with Crippen molar-refractivity contribution in [1.29, 1.82) is 0 Å². The van der Waals surface area contributed by atoms with Crippen LogP contribution in [0.2, 0.25) is 0 Å². The Morgan fingerprint density at radius 3 is 2.62 bits per heavy atom. The summed E-state index contributed by atoms with van der Waals surface area (Å²) < 4.78 is 0. The third-order valence-electron chi connectivity index (χ3n) is 0.453. The van der Waals surface area contributed by atoms with E-state index >= 15 is 0 Å². The van der Waals surface area contributed by atoms with E-state index in [2.05, 4.69) is 30.6 Å². The molecule has 0 N–H and O–H groups in total. The fraction of sp³-hybridized carbons (Fsp3) is 0.125. The molecule has 0 heterocycles. The maximum Gasteiger partial charge on any atom is 0.0712 e. The Labute approximate surface area is 50.3 Å². The largest absolute Gasteiger partial charge is 0.101 e. The van der Waals surface area contributed by atoms with Gasteiger partial charge in [0.05, 0.1) is 6.42 Å². The SMILES string of the molecule is [C]#CC#CCC#C[CH2]. The molecule has 8 heavy (non-hydrogen) atoms. The van der Waals surface area contributed by atoms with Gasteiger partial charge in [0.25, 0.3) is 0 Å². The van der Waals surface area contributed by atoms with Gasteiger partial charge in [-0.1, -0.05) is 11.8 Å². The van der Waals surface area contributed by atoms with Crippen LogP contribution in [0.25, 0.3) is 0 Å². The molecule has 0 aromatic rings. The molecule has 0 rings (SSSR count). The van der Waals surface area contributed by atoms with Gasteiger partial charge in [0.2, 0.25) is 0 Å². The molecule has 0 nitrogen and oxygen atoms in total. The maximum absolute atomic E-state index is 6.35. The second-order valence-corrected chi connectivity index (χ2v) is 0.957. The van der Waals surface area contributed by atoms with Crippen molar-refractivity contribution < 1.29 is 0 Å². The van der Waals surface area contributed by atoms with Gasteiger partial charge in [-0.2, -0.15) is 0 Å². The van der Waals surface area contributed by atoms with Crippen LogP contribution >= 0.6 is 0 Å². The van der Waals surface area contributed by atoms with Crippen molar-refractivity contribution in [2.75, 3.05) is 0 Å². The summed E-state index contributed by atoms with van der Waals surface area (Å²) >= 11 is 0. The molecular formula is C8H4. The smallest absolute Gasteiger partial charge is 0.0712 e. The predicted molar refractivity (Wildman–Crippen MR) is 32.7 cm³/mol. The minimum atomic E-state index is 0.482. The van der Waals surface area contributed by atoms with E-state index < -0.39 is 0 Å². The highest BCUT2D eigenvalue weighted by Gasteiger charge is 1.59. The molecule has 0 aromatic heterocycles. The van der Waals surface area contributed by atoms with Gasteiger partial charge < -0.3 is 0 Å². The van der Waals surface area contributed by atoms with Gasteiger partial charge in [-0.15, -0.1) is 5.92 Å². The van der Waals surface area contributed by atoms with E-state index in [1.165, 1.54) is 0 Å². The van der Waals surface area contributed by atoms with E-state index in [9.17, 15) is 0 Å². The Balaban J connectivity index is 3.43. The summed E-state index contributed by atoms with van der Waals surface area (Å²) in [4.78, 5) is 0. The van der Waals surface area contributed by atoms with Crippen molar-refractivity contribution in [3.8, 4) is 29.6 Å². The lowest BCUT2D eigenvalue weighted by atomic mass is 10.4. The molecule has 0 saturated heterocycles. The molecule has 0 unspecified atom stereocenters. The van der Waals surface area contributed by atoms with E-state index in [1.807, 2.05) is 5.92 Å².